The van der Waals surface area contributed by atoms with E-state index in [1.165, 1.54) is 0 Å². The molecule has 5 N–H and O–H groups in total. The number of primary amides is 1. The summed E-state index contributed by atoms with van der Waals surface area (Å²) < 4.78 is 0. The lowest BCUT2D eigenvalue weighted by Crippen LogP contribution is -2.42. The van der Waals surface area contributed by atoms with E-state index in [0.29, 0.717) is 6.54 Å². The number of nitrogens with two attached hydrogens (primary N) is 2. The lowest BCUT2D eigenvalue weighted by molar-refractivity contribution is -0.126. The summed E-state index contributed by atoms with van der Waals surface area (Å²) in [4.78, 5) is 22.9. The summed E-state index contributed by atoms with van der Waals surface area (Å²) in [6, 6.07) is 6.48. The Morgan fingerprint density at radius 3 is 2.71 bits per heavy atom. The van der Waals surface area contributed by atoms with Crippen LogP contribution in [0.15, 0.2) is 29.2 Å². The third-order valence-corrected chi connectivity index (χ3v) is 2.41. The van der Waals surface area contributed by atoms with Gasteiger partial charge in [0.15, 0.2) is 0 Å². The van der Waals surface area contributed by atoms with E-state index in [-0.39, 0.29) is 6.42 Å². The van der Waals surface area contributed by atoms with E-state index in [4.69, 9.17) is 11.5 Å². The van der Waals surface area contributed by atoms with Gasteiger partial charge in [-0.25, -0.2) is 0 Å². The molecule has 0 spiro atoms. The molecule has 1 aromatic rings. The summed E-state index contributed by atoms with van der Waals surface area (Å²) >= 11 is 4.19. The van der Waals surface area contributed by atoms with Gasteiger partial charge in [-0.2, -0.15) is 0 Å². The second-order valence-corrected chi connectivity index (χ2v) is 4.18. The molecule has 0 saturated heterocycles. The molecule has 0 bridgehead atoms. The number of hydrogen-bond acceptors (Lipinski definition) is 4. The smallest absolute Gasteiger partial charge is 0.237 e. The van der Waals surface area contributed by atoms with E-state index in [9.17, 15) is 9.59 Å². The van der Waals surface area contributed by atoms with Crippen molar-refractivity contribution in [3.63, 3.8) is 0 Å². The fraction of sp³-hybridized carbons (Fsp3) is 0.273. The standard InChI is InChI=1S/C11H15N3O2S/c12-9(5-10(13)15)11(16)14-6-7-2-1-3-8(17)4-7/h1-4,9,17H,5-6,12H2,(H2,13,15)(H,14,16)/t9-/m1/s1. The van der Waals surface area contributed by atoms with Gasteiger partial charge in [0.25, 0.3) is 0 Å². The van der Waals surface area contributed by atoms with Gasteiger partial charge in [0.2, 0.25) is 11.8 Å². The third kappa shape index (κ3) is 4.88. The van der Waals surface area contributed by atoms with Crippen molar-refractivity contribution in [1.29, 1.82) is 0 Å². The molecule has 0 heterocycles. The van der Waals surface area contributed by atoms with Crippen molar-refractivity contribution < 1.29 is 9.59 Å². The molecule has 1 aromatic carbocycles. The van der Waals surface area contributed by atoms with Gasteiger partial charge < -0.3 is 16.8 Å². The van der Waals surface area contributed by atoms with Gasteiger partial charge >= 0.3 is 0 Å². The lowest BCUT2D eigenvalue weighted by Gasteiger charge is -2.10. The molecule has 92 valence electrons. The van der Waals surface area contributed by atoms with Crippen LogP contribution in [0.25, 0.3) is 0 Å². The zero-order chi connectivity index (χ0) is 12.8. The van der Waals surface area contributed by atoms with Crippen molar-refractivity contribution in [2.45, 2.75) is 23.9 Å². The highest BCUT2D eigenvalue weighted by Crippen LogP contribution is 2.08. The van der Waals surface area contributed by atoms with Crippen molar-refractivity contribution in [1.82, 2.24) is 5.32 Å². The lowest BCUT2D eigenvalue weighted by atomic mass is 10.2. The topological polar surface area (TPSA) is 98.2 Å². The highest BCUT2D eigenvalue weighted by atomic mass is 32.1. The molecule has 0 radical (unpaired) electrons. The number of hydrogen-bond donors (Lipinski definition) is 4. The molecule has 6 heteroatoms. The monoisotopic (exact) mass is 253 g/mol. The van der Waals surface area contributed by atoms with Crippen LogP contribution in [-0.2, 0) is 16.1 Å². The number of nitrogens with one attached hydrogen (secondary N) is 1. The predicted octanol–water partition coefficient (Wildman–Crippen LogP) is -0.206. The van der Waals surface area contributed by atoms with Crippen LogP contribution in [-0.4, -0.2) is 17.9 Å². The summed E-state index contributed by atoms with van der Waals surface area (Å²) in [6.07, 6.45) is -0.154. The van der Waals surface area contributed by atoms with E-state index in [1.54, 1.807) is 0 Å². The van der Waals surface area contributed by atoms with Gasteiger partial charge in [-0.15, -0.1) is 12.6 Å². The van der Waals surface area contributed by atoms with Crippen molar-refractivity contribution in [2.75, 3.05) is 0 Å². The highest BCUT2D eigenvalue weighted by Gasteiger charge is 2.15. The van der Waals surface area contributed by atoms with E-state index >= 15 is 0 Å². The normalized spacial score (nSPS) is 11.9. The maximum atomic E-state index is 11.5. The summed E-state index contributed by atoms with van der Waals surface area (Å²) in [5.74, 6) is -0.988. The van der Waals surface area contributed by atoms with Crippen LogP contribution in [0.4, 0.5) is 0 Å². The Morgan fingerprint density at radius 1 is 1.41 bits per heavy atom. The third-order valence-electron chi connectivity index (χ3n) is 2.14. The SMILES string of the molecule is NC(=O)C[C@@H](N)C(=O)NCc1cccc(S)c1. The molecular weight excluding hydrogens is 238 g/mol. The number of carbonyl (C=O) groups excluding carboxylic acids is 2. The maximum absolute atomic E-state index is 11.5. The number of carbonyl (C=O) groups is 2. The number of benzene rings is 1. The molecule has 1 atom stereocenters. The Kier molecular flexibility index (Phi) is 4.99. The molecule has 0 aromatic heterocycles. The average molecular weight is 253 g/mol. The van der Waals surface area contributed by atoms with Crippen LogP contribution in [0, 0.1) is 0 Å². The molecule has 5 nitrogen and oxygen atoms in total. The van der Waals surface area contributed by atoms with Gasteiger partial charge in [-0.1, -0.05) is 12.1 Å². The Bertz CT molecular complexity index is 423. The highest BCUT2D eigenvalue weighted by molar-refractivity contribution is 7.80. The van der Waals surface area contributed by atoms with Crippen LogP contribution >= 0.6 is 12.6 Å². The first kappa shape index (κ1) is 13.5. The molecule has 0 aliphatic carbocycles. The molecule has 0 aliphatic rings. The Hall–Kier alpha value is -1.53. The fourth-order valence-corrected chi connectivity index (χ4v) is 1.55. The molecular formula is C11H15N3O2S. The van der Waals surface area contributed by atoms with Gasteiger partial charge in [0, 0.05) is 11.4 Å². The fourth-order valence-electron chi connectivity index (χ4n) is 1.30. The molecule has 0 saturated carbocycles. The first-order chi connectivity index (χ1) is 7.99. The zero-order valence-corrected chi connectivity index (χ0v) is 10.1. The van der Waals surface area contributed by atoms with E-state index < -0.39 is 17.9 Å². The molecule has 17 heavy (non-hydrogen) atoms. The Morgan fingerprint density at radius 2 is 2.12 bits per heavy atom. The van der Waals surface area contributed by atoms with Crippen LogP contribution in [0.3, 0.4) is 0 Å². The first-order valence-electron chi connectivity index (χ1n) is 5.08. The van der Waals surface area contributed by atoms with Crippen molar-refractivity contribution in [2.24, 2.45) is 11.5 Å². The summed E-state index contributed by atoms with van der Waals surface area (Å²) in [5, 5.41) is 2.63. The zero-order valence-electron chi connectivity index (χ0n) is 9.22. The molecule has 0 aliphatic heterocycles. The number of rotatable bonds is 5. The first-order valence-corrected chi connectivity index (χ1v) is 5.53. The Labute approximate surface area is 105 Å². The molecule has 1 rings (SSSR count). The predicted molar refractivity (Wildman–Crippen MR) is 67.3 cm³/mol. The van der Waals surface area contributed by atoms with Gasteiger partial charge in [0.1, 0.15) is 0 Å². The minimum absolute atomic E-state index is 0.154. The van der Waals surface area contributed by atoms with Gasteiger partial charge in [0.05, 0.1) is 12.5 Å². The van der Waals surface area contributed by atoms with Crippen molar-refractivity contribution in [3.8, 4) is 0 Å². The van der Waals surface area contributed by atoms with Crippen molar-refractivity contribution >= 4 is 24.4 Å². The summed E-state index contributed by atoms with van der Waals surface area (Å²) in [6.45, 7) is 0.347. The summed E-state index contributed by atoms with van der Waals surface area (Å²) in [5.41, 5.74) is 11.3. The van der Waals surface area contributed by atoms with Crippen molar-refractivity contribution in [3.05, 3.63) is 29.8 Å². The quantitative estimate of drug-likeness (QED) is 0.547. The minimum atomic E-state index is -0.897. The van der Waals surface area contributed by atoms with E-state index in [0.717, 1.165) is 10.5 Å². The van der Waals surface area contributed by atoms with Crippen LogP contribution < -0.4 is 16.8 Å². The summed E-state index contributed by atoms with van der Waals surface area (Å²) in [7, 11) is 0. The van der Waals surface area contributed by atoms with Crippen LogP contribution in [0.5, 0.6) is 0 Å². The van der Waals surface area contributed by atoms with Gasteiger partial charge in [-0.3, -0.25) is 9.59 Å². The largest absolute Gasteiger partial charge is 0.370 e. The molecule has 0 fully saturated rings. The van der Waals surface area contributed by atoms with Crippen LogP contribution in [0.2, 0.25) is 0 Å². The van der Waals surface area contributed by atoms with E-state index in [1.807, 2.05) is 24.3 Å². The van der Waals surface area contributed by atoms with Gasteiger partial charge in [-0.05, 0) is 17.7 Å². The Balaban J connectivity index is 2.45. The maximum Gasteiger partial charge on any atom is 0.237 e. The van der Waals surface area contributed by atoms with E-state index in [2.05, 4.69) is 17.9 Å². The second-order valence-electron chi connectivity index (χ2n) is 3.66. The second kappa shape index (κ2) is 6.27. The number of amides is 2. The van der Waals surface area contributed by atoms with Crippen LogP contribution in [0.1, 0.15) is 12.0 Å². The minimum Gasteiger partial charge on any atom is -0.370 e. The molecule has 0 unspecified atom stereocenters. The molecule has 2 amide bonds. The number of thiol groups is 1. The average Bonchev–Trinajstić information content (AvgIpc) is 2.25.